The predicted octanol–water partition coefficient (Wildman–Crippen LogP) is 4.88. The van der Waals surface area contributed by atoms with Crippen LogP contribution in [-0.2, 0) is 12.8 Å². The van der Waals surface area contributed by atoms with E-state index >= 15 is 0 Å². The monoisotopic (exact) mass is 343 g/mol. The summed E-state index contributed by atoms with van der Waals surface area (Å²) < 4.78 is 13.4. The number of hydrogen-bond donors (Lipinski definition) is 2. The van der Waals surface area contributed by atoms with E-state index in [1.807, 2.05) is 6.07 Å². The number of hydrogen-bond acceptors (Lipinski definition) is 4. The molecule has 1 aliphatic rings. The fourth-order valence-corrected chi connectivity index (χ4v) is 4.11. The Hall–Kier alpha value is -2.54. The number of H-pyrrole nitrogens is 1. The standard InChI is InChI=1S/C17H14FN3O2S/c18-10-5-6-12-11(8-10)15(17(23)19-12)20-21-16(22)14-7-9-3-1-2-4-13(9)24-14/h5-8,19,23H,1-4H2. The third-order valence-electron chi connectivity index (χ3n) is 4.16. The van der Waals surface area contributed by atoms with Gasteiger partial charge in [0.25, 0.3) is 0 Å². The van der Waals surface area contributed by atoms with E-state index in [-0.39, 0.29) is 11.6 Å². The highest BCUT2D eigenvalue weighted by atomic mass is 32.1. The largest absolute Gasteiger partial charge is 0.493 e. The molecule has 4 rings (SSSR count). The van der Waals surface area contributed by atoms with Crippen LogP contribution in [0.1, 0.15) is 33.0 Å². The maximum Gasteiger partial charge on any atom is 0.305 e. The van der Waals surface area contributed by atoms with Crippen LogP contribution in [0.4, 0.5) is 10.1 Å². The van der Waals surface area contributed by atoms with Crippen LogP contribution in [0.2, 0.25) is 0 Å². The highest BCUT2D eigenvalue weighted by Gasteiger charge is 2.18. The summed E-state index contributed by atoms with van der Waals surface area (Å²) in [5.74, 6) is -1.13. The predicted molar refractivity (Wildman–Crippen MR) is 89.7 cm³/mol. The maximum atomic E-state index is 13.4. The molecule has 2 N–H and O–H groups in total. The minimum absolute atomic E-state index is 0.0687. The lowest BCUT2D eigenvalue weighted by molar-refractivity contribution is 0.0999. The average molecular weight is 343 g/mol. The Morgan fingerprint density at radius 2 is 2.08 bits per heavy atom. The Morgan fingerprint density at radius 1 is 1.25 bits per heavy atom. The Balaban J connectivity index is 1.65. The number of rotatable bonds is 2. The van der Waals surface area contributed by atoms with Gasteiger partial charge < -0.3 is 10.1 Å². The molecule has 0 spiro atoms. The van der Waals surface area contributed by atoms with E-state index in [9.17, 15) is 14.3 Å². The fourth-order valence-electron chi connectivity index (χ4n) is 2.98. The second-order valence-corrected chi connectivity index (χ2v) is 6.92. The summed E-state index contributed by atoms with van der Waals surface area (Å²) in [6, 6.07) is 5.91. The molecular weight excluding hydrogens is 329 g/mol. The van der Waals surface area contributed by atoms with Crippen molar-refractivity contribution >= 4 is 33.8 Å². The van der Waals surface area contributed by atoms with Gasteiger partial charge in [-0.3, -0.25) is 4.79 Å². The van der Waals surface area contributed by atoms with Crippen LogP contribution >= 0.6 is 11.3 Å². The van der Waals surface area contributed by atoms with Gasteiger partial charge >= 0.3 is 5.91 Å². The van der Waals surface area contributed by atoms with E-state index in [0.717, 1.165) is 25.7 Å². The quantitative estimate of drug-likeness (QED) is 0.651. The number of aromatic hydroxyl groups is 1. The van der Waals surface area contributed by atoms with Gasteiger partial charge in [0.1, 0.15) is 5.82 Å². The topological polar surface area (TPSA) is 77.8 Å². The van der Waals surface area contributed by atoms with E-state index in [1.165, 1.54) is 40.0 Å². The Bertz CT molecular complexity index is 950. The van der Waals surface area contributed by atoms with Gasteiger partial charge in [-0.15, -0.1) is 21.6 Å². The van der Waals surface area contributed by atoms with Crippen molar-refractivity contribution in [3.8, 4) is 5.88 Å². The minimum atomic E-state index is -0.449. The number of amides is 1. The minimum Gasteiger partial charge on any atom is -0.493 e. The molecule has 0 saturated carbocycles. The second-order valence-electron chi connectivity index (χ2n) is 5.78. The van der Waals surface area contributed by atoms with Gasteiger partial charge in [0.15, 0.2) is 5.69 Å². The molecule has 1 amide bonds. The summed E-state index contributed by atoms with van der Waals surface area (Å²) in [5, 5.41) is 17.9. The van der Waals surface area contributed by atoms with Crippen LogP contribution in [0, 0.1) is 5.82 Å². The van der Waals surface area contributed by atoms with E-state index in [0.29, 0.717) is 15.8 Å². The zero-order chi connectivity index (χ0) is 16.7. The molecule has 0 unspecified atom stereocenters. The first-order valence-corrected chi connectivity index (χ1v) is 8.51. The summed E-state index contributed by atoms with van der Waals surface area (Å²) >= 11 is 1.46. The number of thiophene rings is 1. The van der Waals surface area contributed by atoms with Gasteiger partial charge in [0, 0.05) is 10.3 Å². The SMILES string of the molecule is O=C(N=Nc1c(O)[nH]c2ccc(F)cc12)c1cc2c(s1)CCCC2. The molecule has 0 aliphatic heterocycles. The summed E-state index contributed by atoms with van der Waals surface area (Å²) in [6.07, 6.45) is 4.30. The van der Waals surface area contributed by atoms with Crippen LogP contribution in [-0.4, -0.2) is 16.0 Å². The van der Waals surface area contributed by atoms with Crippen molar-refractivity contribution in [3.63, 3.8) is 0 Å². The number of nitrogens with zero attached hydrogens (tertiary/aromatic N) is 2. The zero-order valence-electron chi connectivity index (χ0n) is 12.7. The van der Waals surface area contributed by atoms with Crippen molar-refractivity contribution in [1.82, 2.24) is 4.98 Å². The van der Waals surface area contributed by atoms with Crippen molar-refractivity contribution in [3.05, 3.63) is 45.4 Å². The number of benzene rings is 1. The first kappa shape index (κ1) is 15.0. The summed E-state index contributed by atoms with van der Waals surface area (Å²) in [6.45, 7) is 0. The number of aryl methyl sites for hydroxylation is 2. The van der Waals surface area contributed by atoms with E-state index in [4.69, 9.17) is 0 Å². The van der Waals surface area contributed by atoms with Crippen molar-refractivity contribution in [2.45, 2.75) is 25.7 Å². The molecule has 0 radical (unpaired) electrons. The molecule has 1 aliphatic carbocycles. The number of azo groups is 1. The van der Waals surface area contributed by atoms with Crippen molar-refractivity contribution in [2.24, 2.45) is 10.2 Å². The maximum absolute atomic E-state index is 13.4. The number of fused-ring (bicyclic) bond motifs is 2. The third kappa shape index (κ3) is 2.60. The highest BCUT2D eigenvalue weighted by Crippen LogP contribution is 2.36. The summed E-state index contributed by atoms with van der Waals surface area (Å²) in [7, 11) is 0. The molecule has 0 bridgehead atoms. The van der Waals surface area contributed by atoms with Crippen molar-refractivity contribution < 1.29 is 14.3 Å². The van der Waals surface area contributed by atoms with Crippen LogP contribution < -0.4 is 0 Å². The van der Waals surface area contributed by atoms with E-state index in [1.54, 1.807) is 0 Å². The average Bonchev–Trinajstić information content (AvgIpc) is 3.13. The van der Waals surface area contributed by atoms with Crippen LogP contribution in [0.3, 0.4) is 0 Å². The van der Waals surface area contributed by atoms with Gasteiger partial charge in [0.2, 0.25) is 5.88 Å². The van der Waals surface area contributed by atoms with Crippen LogP contribution in [0.25, 0.3) is 10.9 Å². The Kier molecular flexibility index (Phi) is 3.65. The van der Waals surface area contributed by atoms with Crippen LogP contribution in [0.5, 0.6) is 5.88 Å². The number of nitrogens with one attached hydrogen (secondary N) is 1. The molecule has 3 aromatic rings. The molecule has 24 heavy (non-hydrogen) atoms. The number of aromatic amines is 1. The lowest BCUT2D eigenvalue weighted by Gasteiger charge is -2.08. The molecule has 0 fully saturated rings. The number of carbonyl (C=O) groups excluding carboxylic acids is 1. The lowest BCUT2D eigenvalue weighted by atomic mass is 9.99. The fraction of sp³-hybridized carbons (Fsp3) is 0.235. The Morgan fingerprint density at radius 3 is 2.92 bits per heavy atom. The molecule has 2 heterocycles. The highest BCUT2D eigenvalue weighted by molar-refractivity contribution is 7.14. The normalized spacial score (nSPS) is 14.4. The molecule has 5 nitrogen and oxygen atoms in total. The molecule has 2 aromatic heterocycles. The lowest BCUT2D eigenvalue weighted by Crippen LogP contribution is -1.96. The molecule has 0 atom stereocenters. The van der Waals surface area contributed by atoms with Crippen molar-refractivity contribution in [1.29, 1.82) is 0 Å². The van der Waals surface area contributed by atoms with Crippen molar-refractivity contribution in [2.75, 3.05) is 0 Å². The Labute approximate surface area is 140 Å². The van der Waals surface area contributed by atoms with Gasteiger partial charge in [-0.25, -0.2) is 4.39 Å². The van der Waals surface area contributed by atoms with Crippen LogP contribution in [0.15, 0.2) is 34.5 Å². The van der Waals surface area contributed by atoms with E-state index in [2.05, 4.69) is 15.2 Å². The smallest absolute Gasteiger partial charge is 0.305 e. The molecule has 122 valence electrons. The number of halogens is 1. The summed E-state index contributed by atoms with van der Waals surface area (Å²) in [5.41, 5.74) is 1.82. The van der Waals surface area contributed by atoms with Gasteiger partial charge in [-0.1, -0.05) is 0 Å². The van der Waals surface area contributed by atoms with E-state index < -0.39 is 11.7 Å². The first-order valence-electron chi connectivity index (χ1n) is 7.69. The number of carbonyl (C=O) groups is 1. The first-order chi connectivity index (χ1) is 11.6. The molecule has 7 heteroatoms. The van der Waals surface area contributed by atoms with Gasteiger partial charge in [-0.05, 0) is 55.5 Å². The third-order valence-corrected chi connectivity index (χ3v) is 5.39. The van der Waals surface area contributed by atoms with Gasteiger partial charge in [0.05, 0.1) is 10.4 Å². The second kappa shape index (κ2) is 5.83. The van der Waals surface area contributed by atoms with Gasteiger partial charge in [-0.2, -0.15) is 0 Å². The molecular formula is C17H14FN3O2S. The zero-order valence-corrected chi connectivity index (χ0v) is 13.5. The summed E-state index contributed by atoms with van der Waals surface area (Å²) in [4.78, 5) is 16.7. The number of aromatic nitrogens is 1. The molecule has 0 saturated heterocycles. The molecule has 1 aromatic carbocycles.